The van der Waals surface area contributed by atoms with E-state index in [0.29, 0.717) is 35.6 Å². The molecule has 1 aromatic heterocycles. The van der Waals surface area contributed by atoms with Crippen LogP contribution in [0.3, 0.4) is 0 Å². The molecule has 3 amide bonds. The summed E-state index contributed by atoms with van der Waals surface area (Å²) in [7, 11) is 0. The third-order valence-corrected chi connectivity index (χ3v) is 5.79. The van der Waals surface area contributed by atoms with Crippen molar-refractivity contribution in [2.24, 2.45) is 5.10 Å². The van der Waals surface area contributed by atoms with Gasteiger partial charge in [0, 0.05) is 30.8 Å². The standard InChI is InChI=1S/C25H22N4O4/c1-16-3-2-4-20(13-16)29-23(30)8-6-21(27-29)24(31)26-19-5-7-22-17(14-19)9-11-28(22)25(32)18-10-12-33-15-18/h2-5,7,10,12-15H,6,8-9,11H2,1H3,(H,26,31). The molecule has 8 nitrogen and oxygen atoms in total. The summed E-state index contributed by atoms with van der Waals surface area (Å²) in [5.74, 6) is -0.599. The van der Waals surface area contributed by atoms with Crippen molar-refractivity contribution in [2.45, 2.75) is 26.2 Å². The largest absolute Gasteiger partial charge is 0.472 e. The number of furan rings is 1. The zero-order chi connectivity index (χ0) is 22.9. The van der Waals surface area contributed by atoms with Crippen LogP contribution in [0.4, 0.5) is 17.1 Å². The summed E-state index contributed by atoms with van der Waals surface area (Å²) in [5, 5.41) is 8.52. The van der Waals surface area contributed by atoms with Gasteiger partial charge in [0.1, 0.15) is 12.0 Å². The van der Waals surface area contributed by atoms with E-state index in [2.05, 4.69) is 10.4 Å². The molecule has 0 saturated heterocycles. The van der Waals surface area contributed by atoms with Gasteiger partial charge in [-0.2, -0.15) is 5.10 Å². The smallest absolute Gasteiger partial charge is 0.271 e. The van der Waals surface area contributed by atoms with Crippen molar-refractivity contribution in [3.8, 4) is 0 Å². The Labute approximate surface area is 190 Å². The minimum absolute atomic E-state index is 0.114. The molecule has 5 rings (SSSR count). The second-order valence-corrected chi connectivity index (χ2v) is 8.11. The number of fused-ring (bicyclic) bond motifs is 1. The number of rotatable bonds is 4. The summed E-state index contributed by atoms with van der Waals surface area (Å²) in [4.78, 5) is 39.7. The van der Waals surface area contributed by atoms with E-state index in [-0.39, 0.29) is 30.6 Å². The lowest BCUT2D eigenvalue weighted by Gasteiger charge is -2.23. The van der Waals surface area contributed by atoms with Gasteiger partial charge >= 0.3 is 0 Å². The Hall–Kier alpha value is -4.20. The van der Waals surface area contributed by atoms with E-state index in [4.69, 9.17) is 4.42 Å². The number of hydrogen-bond acceptors (Lipinski definition) is 5. The maximum atomic E-state index is 12.9. The van der Waals surface area contributed by atoms with Crippen LogP contribution in [-0.4, -0.2) is 30.0 Å². The summed E-state index contributed by atoms with van der Waals surface area (Å²) in [6.45, 7) is 2.50. The van der Waals surface area contributed by atoms with Crippen LogP contribution < -0.4 is 15.2 Å². The topological polar surface area (TPSA) is 95.2 Å². The highest BCUT2D eigenvalue weighted by atomic mass is 16.3. The van der Waals surface area contributed by atoms with Crippen LogP contribution >= 0.6 is 0 Å². The van der Waals surface area contributed by atoms with Crippen molar-refractivity contribution in [3.05, 3.63) is 77.7 Å². The number of benzene rings is 2. The summed E-state index contributed by atoms with van der Waals surface area (Å²) in [5.41, 5.74) is 4.88. The van der Waals surface area contributed by atoms with Gasteiger partial charge in [0.2, 0.25) is 5.91 Å². The van der Waals surface area contributed by atoms with E-state index < -0.39 is 0 Å². The highest BCUT2D eigenvalue weighted by Crippen LogP contribution is 2.32. The molecule has 1 N–H and O–H groups in total. The lowest BCUT2D eigenvalue weighted by Crippen LogP contribution is -2.36. The molecular formula is C25H22N4O4. The maximum Gasteiger partial charge on any atom is 0.271 e. The number of hydrogen-bond donors (Lipinski definition) is 1. The van der Waals surface area contributed by atoms with Crippen LogP contribution in [0.2, 0.25) is 0 Å². The van der Waals surface area contributed by atoms with E-state index in [0.717, 1.165) is 16.8 Å². The van der Waals surface area contributed by atoms with Gasteiger partial charge in [0.15, 0.2) is 0 Å². The number of anilines is 3. The Bertz CT molecular complexity index is 1280. The monoisotopic (exact) mass is 442 g/mol. The number of carbonyl (C=O) groups is 3. The number of nitrogens with one attached hydrogen (secondary N) is 1. The molecule has 0 atom stereocenters. The molecule has 0 radical (unpaired) electrons. The lowest BCUT2D eigenvalue weighted by atomic mass is 10.1. The van der Waals surface area contributed by atoms with E-state index in [1.165, 1.54) is 17.5 Å². The number of aryl methyl sites for hydroxylation is 1. The predicted molar refractivity (Wildman–Crippen MR) is 124 cm³/mol. The van der Waals surface area contributed by atoms with Gasteiger partial charge in [-0.05, 0) is 60.9 Å². The zero-order valence-corrected chi connectivity index (χ0v) is 18.1. The first-order valence-corrected chi connectivity index (χ1v) is 10.7. The van der Waals surface area contributed by atoms with Crippen molar-refractivity contribution in [1.82, 2.24) is 0 Å². The van der Waals surface area contributed by atoms with Crippen molar-refractivity contribution >= 4 is 40.5 Å². The summed E-state index contributed by atoms with van der Waals surface area (Å²) in [6, 6.07) is 14.6. The molecule has 0 bridgehead atoms. The summed E-state index contributed by atoms with van der Waals surface area (Å²) >= 11 is 0. The number of nitrogens with zero attached hydrogens (tertiary/aromatic N) is 3. The second-order valence-electron chi connectivity index (χ2n) is 8.11. The van der Waals surface area contributed by atoms with Crippen LogP contribution in [-0.2, 0) is 16.0 Å². The van der Waals surface area contributed by atoms with Gasteiger partial charge in [-0.15, -0.1) is 0 Å². The Morgan fingerprint density at radius 1 is 1.06 bits per heavy atom. The normalized spacial score (nSPS) is 15.3. The van der Waals surface area contributed by atoms with Gasteiger partial charge in [0.05, 0.1) is 17.5 Å². The average Bonchev–Trinajstić information content (AvgIpc) is 3.49. The second kappa shape index (κ2) is 8.38. The molecule has 2 aliphatic heterocycles. The van der Waals surface area contributed by atoms with Crippen LogP contribution in [0.15, 0.2) is 70.6 Å². The first kappa shape index (κ1) is 20.7. The van der Waals surface area contributed by atoms with Crippen molar-refractivity contribution in [1.29, 1.82) is 0 Å². The molecule has 3 aromatic rings. The van der Waals surface area contributed by atoms with Gasteiger partial charge in [0.25, 0.3) is 11.8 Å². The quantitative estimate of drug-likeness (QED) is 0.663. The Kier molecular flexibility index (Phi) is 5.26. The molecule has 2 aliphatic rings. The molecule has 8 heteroatoms. The summed E-state index contributed by atoms with van der Waals surface area (Å²) < 4.78 is 5.02. The molecule has 0 saturated carbocycles. The van der Waals surface area contributed by atoms with Gasteiger partial charge in [-0.25, -0.2) is 5.01 Å². The minimum atomic E-state index is -0.343. The van der Waals surface area contributed by atoms with Crippen molar-refractivity contribution < 1.29 is 18.8 Å². The number of hydrazone groups is 1. The fourth-order valence-corrected chi connectivity index (χ4v) is 4.11. The third-order valence-electron chi connectivity index (χ3n) is 5.79. The average molecular weight is 442 g/mol. The highest BCUT2D eigenvalue weighted by Gasteiger charge is 2.28. The minimum Gasteiger partial charge on any atom is -0.472 e. The molecule has 0 aliphatic carbocycles. The number of carbonyl (C=O) groups excluding carboxylic acids is 3. The van der Waals surface area contributed by atoms with Crippen LogP contribution in [0.5, 0.6) is 0 Å². The van der Waals surface area contributed by atoms with Crippen LogP contribution in [0.1, 0.15) is 34.3 Å². The SMILES string of the molecule is Cc1cccc(N2N=C(C(=O)Nc3ccc4c(c3)CCN4C(=O)c3ccoc3)CCC2=O)c1. The Morgan fingerprint density at radius 3 is 2.73 bits per heavy atom. The van der Waals surface area contributed by atoms with E-state index in [9.17, 15) is 14.4 Å². The summed E-state index contributed by atoms with van der Waals surface area (Å²) in [6.07, 6.45) is 4.11. The molecule has 166 valence electrons. The molecular weight excluding hydrogens is 420 g/mol. The van der Waals surface area contributed by atoms with E-state index >= 15 is 0 Å². The van der Waals surface area contributed by atoms with E-state index in [1.54, 1.807) is 23.1 Å². The van der Waals surface area contributed by atoms with Gasteiger partial charge < -0.3 is 14.6 Å². The molecule has 33 heavy (non-hydrogen) atoms. The van der Waals surface area contributed by atoms with Crippen molar-refractivity contribution in [3.63, 3.8) is 0 Å². The van der Waals surface area contributed by atoms with Crippen LogP contribution in [0, 0.1) is 6.92 Å². The van der Waals surface area contributed by atoms with E-state index in [1.807, 2.05) is 37.3 Å². The van der Waals surface area contributed by atoms with Crippen LogP contribution in [0.25, 0.3) is 0 Å². The van der Waals surface area contributed by atoms with Gasteiger partial charge in [-0.3, -0.25) is 14.4 Å². The lowest BCUT2D eigenvalue weighted by molar-refractivity contribution is -0.118. The molecule has 0 fully saturated rings. The number of amides is 3. The van der Waals surface area contributed by atoms with Crippen molar-refractivity contribution in [2.75, 3.05) is 21.8 Å². The molecule has 2 aromatic carbocycles. The fraction of sp³-hybridized carbons (Fsp3) is 0.200. The van der Waals surface area contributed by atoms with Gasteiger partial charge in [-0.1, -0.05) is 12.1 Å². The molecule has 3 heterocycles. The predicted octanol–water partition coefficient (Wildman–Crippen LogP) is 3.91. The molecule has 0 spiro atoms. The zero-order valence-electron chi connectivity index (χ0n) is 18.1. The Balaban J connectivity index is 1.33. The Morgan fingerprint density at radius 2 is 1.94 bits per heavy atom. The fourth-order valence-electron chi connectivity index (χ4n) is 4.11. The first-order valence-electron chi connectivity index (χ1n) is 10.7. The first-order chi connectivity index (χ1) is 16.0. The molecule has 0 unspecified atom stereocenters. The maximum absolute atomic E-state index is 12.9. The highest BCUT2D eigenvalue weighted by molar-refractivity contribution is 6.44. The third kappa shape index (κ3) is 4.03.